The van der Waals surface area contributed by atoms with E-state index in [9.17, 15) is 8.78 Å². The molecule has 0 heterocycles. The normalized spacial score (nSPS) is 10.3. The molecule has 112 valence electrons. The van der Waals surface area contributed by atoms with Crippen LogP contribution in [0.3, 0.4) is 0 Å². The van der Waals surface area contributed by atoms with Crippen molar-refractivity contribution in [3.05, 3.63) is 53.1 Å². The van der Waals surface area contributed by atoms with Crippen molar-refractivity contribution < 1.29 is 18.3 Å². The van der Waals surface area contributed by atoms with Crippen LogP contribution in [-0.2, 0) is 6.54 Å². The van der Waals surface area contributed by atoms with Crippen molar-refractivity contribution in [2.45, 2.75) is 13.5 Å². The lowest BCUT2D eigenvalue weighted by Crippen LogP contribution is -2.06. The lowest BCUT2D eigenvalue weighted by Gasteiger charge is -2.13. The van der Waals surface area contributed by atoms with Crippen LogP contribution >= 0.6 is 0 Å². The van der Waals surface area contributed by atoms with Crippen molar-refractivity contribution in [3.8, 4) is 11.5 Å². The maximum Gasteiger partial charge on any atom is 0.152 e. The third-order valence-electron chi connectivity index (χ3n) is 3.23. The molecule has 0 unspecified atom stereocenters. The number of hydrogen-bond donors (Lipinski definition) is 1. The summed E-state index contributed by atoms with van der Waals surface area (Å²) < 4.78 is 38.0. The average molecular weight is 293 g/mol. The number of halogens is 2. The van der Waals surface area contributed by atoms with Crippen molar-refractivity contribution >= 4 is 5.69 Å². The number of ether oxygens (including phenoxy) is 2. The largest absolute Gasteiger partial charge is 0.497 e. The molecule has 0 radical (unpaired) electrons. The van der Waals surface area contributed by atoms with Crippen LogP contribution in [0.25, 0.3) is 0 Å². The summed E-state index contributed by atoms with van der Waals surface area (Å²) in [6.45, 7) is 1.81. The molecule has 0 fully saturated rings. The van der Waals surface area contributed by atoms with Gasteiger partial charge in [-0.3, -0.25) is 0 Å². The van der Waals surface area contributed by atoms with E-state index in [0.29, 0.717) is 17.1 Å². The van der Waals surface area contributed by atoms with Crippen LogP contribution in [-0.4, -0.2) is 14.2 Å². The van der Waals surface area contributed by atoms with E-state index in [1.807, 2.05) is 0 Å². The second-order valence-electron chi connectivity index (χ2n) is 4.58. The number of nitrogens with one attached hydrogen (secondary N) is 1. The minimum Gasteiger partial charge on any atom is -0.497 e. The van der Waals surface area contributed by atoms with E-state index in [2.05, 4.69) is 5.32 Å². The number of aryl methyl sites for hydroxylation is 1. The molecule has 5 heteroatoms. The molecule has 0 amide bonds. The third kappa shape index (κ3) is 3.24. The minimum atomic E-state index is -0.625. The summed E-state index contributed by atoms with van der Waals surface area (Å²) in [4.78, 5) is 0. The summed E-state index contributed by atoms with van der Waals surface area (Å²) in [5.41, 5.74) is 0.994. The molecule has 3 nitrogen and oxygen atoms in total. The van der Waals surface area contributed by atoms with Gasteiger partial charge in [0.1, 0.15) is 23.0 Å². The summed E-state index contributed by atoms with van der Waals surface area (Å²) in [5.74, 6) is 0.0615. The Kier molecular flexibility index (Phi) is 4.62. The van der Waals surface area contributed by atoms with Gasteiger partial charge in [-0.25, -0.2) is 8.78 Å². The molecule has 0 atom stereocenters. The monoisotopic (exact) mass is 293 g/mol. The zero-order valence-electron chi connectivity index (χ0n) is 12.2. The molecule has 0 aromatic heterocycles. The molecule has 2 rings (SSSR count). The molecule has 0 aliphatic rings. The Morgan fingerprint density at radius 2 is 1.81 bits per heavy atom. The van der Waals surface area contributed by atoms with Gasteiger partial charge in [-0.1, -0.05) is 6.07 Å². The molecule has 2 aromatic rings. The first-order valence-electron chi connectivity index (χ1n) is 6.46. The highest BCUT2D eigenvalue weighted by Crippen LogP contribution is 2.27. The minimum absolute atomic E-state index is 0.139. The van der Waals surface area contributed by atoms with Crippen LogP contribution in [0, 0.1) is 18.6 Å². The lowest BCUT2D eigenvalue weighted by molar-refractivity contribution is 0.399. The van der Waals surface area contributed by atoms with Crippen molar-refractivity contribution in [2.24, 2.45) is 0 Å². The van der Waals surface area contributed by atoms with Gasteiger partial charge in [-0.15, -0.1) is 0 Å². The highest BCUT2D eigenvalue weighted by Gasteiger charge is 2.12. The molecule has 0 saturated carbocycles. The Morgan fingerprint density at radius 1 is 1.05 bits per heavy atom. The standard InChI is InChI=1S/C16H17F2NO2/c1-10-4-6-13(17)16(15(10)18)19-9-11-8-12(20-2)5-7-14(11)21-3/h4-8,19H,9H2,1-3H3. The van der Waals surface area contributed by atoms with E-state index in [4.69, 9.17) is 9.47 Å². The summed E-state index contributed by atoms with van der Waals surface area (Å²) >= 11 is 0. The molecule has 1 N–H and O–H groups in total. The van der Waals surface area contributed by atoms with E-state index in [0.717, 1.165) is 5.56 Å². The van der Waals surface area contributed by atoms with Gasteiger partial charge in [-0.05, 0) is 36.8 Å². The van der Waals surface area contributed by atoms with Crippen LogP contribution in [0.15, 0.2) is 30.3 Å². The van der Waals surface area contributed by atoms with E-state index in [-0.39, 0.29) is 12.2 Å². The first kappa shape index (κ1) is 15.1. The van der Waals surface area contributed by atoms with Crippen LogP contribution in [0.2, 0.25) is 0 Å². The van der Waals surface area contributed by atoms with Crippen LogP contribution in [0.5, 0.6) is 11.5 Å². The number of methoxy groups -OCH3 is 2. The molecule has 0 aliphatic heterocycles. The maximum atomic E-state index is 13.9. The zero-order valence-corrected chi connectivity index (χ0v) is 12.2. The number of anilines is 1. The summed E-state index contributed by atoms with van der Waals surface area (Å²) in [6.07, 6.45) is 0. The fourth-order valence-electron chi connectivity index (χ4n) is 2.02. The molecule has 0 spiro atoms. The summed E-state index contributed by atoms with van der Waals surface area (Å²) in [7, 11) is 3.10. The van der Waals surface area contributed by atoms with Gasteiger partial charge in [0.2, 0.25) is 0 Å². The predicted molar refractivity (Wildman–Crippen MR) is 78.0 cm³/mol. The van der Waals surface area contributed by atoms with Crippen LogP contribution in [0.4, 0.5) is 14.5 Å². The van der Waals surface area contributed by atoms with E-state index >= 15 is 0 Å². The Balaban J connectivity index is 2.26. The second kappa shape index (κ2) is 6.43. The van der Waals surface area contributed by atoms with Crippen molar-refractivity contribution in [1.29, 1.82) is 0 Å². The highest BCUT2D eigenvalue weighted by molar-refractivity contribution is 5.51. The SMILES string of the molecule is COc1ccc(OC)c(CNc2c(F)ccc(C)c2F)c1. The molecular weight excluding hydrogens is 276 g/mol. The van der Waals surface area contributed by atoms with Gasteiger partial charge in [0.05, 0.1) is 14.2 Å². The smallest absolute Gasteiger partial charge is 0.152 e. The lowest BCUT2D eigenvalue weighted by atomic mass is 10.1. The van der Waals surface area contributed by atoms with Gasteiger partial charge in [0, 0.05) is 12.1 Å². The summed E-state index contributed by atoms with van der Waals surface area (Å²) in [5, 5.41) is 2.78. The van der Waals surface area contributed by atoms with Gasteiger partial charge in [0.15, 0.2) is 5.82 Å². The average Bonchev–Trinajstić information content (AvgIpc) is 2.50. The van der Waals surface area contributed by atoms with Crippen LogP contribution in [0.1, 0.15) is 11.1 Å². The van der Waals surface area contributed by atoms with Gasteiger partial charge < -0.3 is 14.8 Å². The Bertz CT molecular complexity index is 644. The van der Waals surface area contributed by atoms with Crippen molar-refractivity contribution in [2.75, 3.05) is 19.5 Å². The number of benzene rings is 2. The molecule has 0 bridgehead atoms. The molecular formula is C16H17F2NO2. The fraction of sp³-hybridized carbons (Fsp3) is 0.250. The second-order valence-corrected chi connectivity index (χ2v) is 4.58. The van der Waals surface area contributed by atoms with Gasteiger partial charge in [-0.2, -0.15) is 0 Å². The zero-order chi connectivity index (χ0) is 15.4. The fourth-order valence-corrected chi connectivity index (χ4v) is 2.02. The highest BCUT2D eigenvalue weighted by atomic mass is 19.1. The molecule has 0 aliphatic carbocycles. The van der Waals surface area contributed by atoms with Crippen molar-refractivity contribution in [1.82, 2.24) is 0 Å². The number of rotatable bonds is 5. The first-order chi connectivity index (χ1) is 10.1. The quantitative estimate of drug-likeness (QED) is 0.907. The van der Waals surface area contributed by atoms with E-state index in [1.165, 1.54) is 12.1 Å². The molecule has 2 aromatic carbocycles. The summed E-state index contributed by atoms with van der Waals surface area (Å²) in [6, 6.07) is 7.91. The van der Waals surface area contributed by atoms with E-state index in [1.54, 1.807) is 39.3 Å². The first-order valence-corrected chi connectivity index (χ1v) is 6.46. The Hall–Kier alpha value is -2.30. The maximum absolute atomic E-state index is 13.9. The Labute approximate surface area is 122 Å². The van der Waals surface area contributed by atoms with E-state index < -0.39 is 11.6 Å². The van der Waals surface area contributed by atoms with Crippen LogP contribution < -0.4 is 14.8 Å². The van der Waals surface area contributed by atoms with Gasteiger partial charge >= 0.3 is 0 Å². The third-order valence-corrected chi connectivity index (χ3v) is 3.23. The Morgan fingerprint density at radius 3 is 2.48 bits per heavy atom. The topological polar surface area (TPSA) is 30.5 Å². The van der Waals surface area contributed by atoms with Crippen molar-refractivity contribution in [3.63, 3.8) is 0 Å². The molecule has 21 heavy (non-hydrogen) atoms. The number of hydrogen-bond acceptors (Lipinski definition) is 3. The molecule has 0 saturated heterocycles. The van der Waals surface area contributed by atoms with Gasteiger partial charge in [0.25, 0.3) is 0 Å². The predicted octanol–water partition coefficient (Wildman–Crippen LogP) is 3.90.